The second-order valence-electron chi connectivity index (χ2n) is 7.29. The van der Waals surface area contributed by atoms with Crippen molar-refractivity contribution in [3.63, 3.8) is 0 Å². The van der Waals surface area contributed by atoms with Crippen LogP contribution in [0.15, 0.2) is 72.1 Å². The highest BCUT2D eigenvalue weighted by atomic mass is 32.1. The van der Waals surface area contributed by atoms with E-state index in [0.717, 1.165) is 25.2 Å². The van der Waals surface area contributed by atoms with E-state index < -0.39 is 0 Å². The van der Waals surface area contributed by atoms with Crippen molar-refractivity contribution in [3.8, 4) is 0 Å². The number of amides is 2. The third-order valence-electron chi connectivity index (χ3n) is 4.96. The number of likely N-dealkylation sites (tertiary alicyclic amines) is 1. The molecule has 1 aliphatic heterocycles. The summed E-state index contributed by atoms with van der Waals surface area (Å²) in [5.74, 6) is -0.166. The highest BCUT2D eigenvalue weighted by Gasteiger charge is 2.23. The van der Waals surface area contributed by atoms with Crippen LogP contribution < -0.4 is 16.0 Å². The molecule has 0 aliphatic carbocycles. The van der Waals surface area contributed by atoms with E-state index >= 15 is 0 Å². The lowest BCUT2D eigenvalue weighted by Gasteiger charge is -2.17. The molecule has 1 saturated heterocycles. The second kappa shape index (κ2) is 9.56. The van der Waals surface area contributed by atoms with Gasteiger partial charge in [-0.3, -0.25) is 14.5 Å². The van der Waals surface area contributed by atoms with Crippen molar-refractivity contribution >= 4 is 40.2 Å². The zero-order valence-corrected chi connectivity index (χ0v) is 17.3. The molecule has 0 bridgehead atoms. The molecule has 154 valence electrons. The Hall–Kier alpha value is -3.16. The zero-order chi connectivity index (χ0) is 20.8. The Bertz CT molecular complexity index is 974. The predicted octanol–water partition coefficient (Wildman–Crippen LogP) is 4.13. The van der Waals surface area contributed by atoms with Crippen molar-refractivity contribution < 1.29 is 9.59 Å². The highest BCUT2D eigenvalue weighted by Crippen LogP contribution is 2.18. The molecule has 2 heterocycles. The quantitative estimate of drug-likeness (QED) is 0.537. The predicted molar refractivity (Wildman–Crippen MR) is 122 cm³/mol. The molecule has 7 heteroatoms. The molecular weight excluding hydrogens is 396 g/mol. The summed E-state index contributed by atoms with van der Waals surface area (Å²) in [4.78, 5) is 27.3. The Morgan fingerprint density at radius 3 is 2.33 bits per heavy atom. The van der Waals surface area contributed by atoms with Crippen LogP contribution in [0, 0.1) is 0 Å². The number of nitrogens with zero attached hydrogens (tertiary/aromatic N) is 1. The van der Waals surface area contributed by atoms with Crippen molar-refractivity contribution in [3.05, 3.63) is 77.0 Å². The highest BCUT2D eigenvalue weighted by molar-refractivity contribution is 7.12. The Morgan fingerprint density at radius 1 is 0.900 bits per heavy atom. The zero-order valence-electron chi connectivity index (χ0n) is 16.5. The minimum atomic E-state index is -0.130. The van der Waals surface area contributed by atoms with Crippen LogP contribution in [0.5, 0.6) is 0 Å². The van der Waals surface area contributed by atoms with Crippen LogP contribution >= 0.6 is 11.3 Å². The van der Waals surface area contributed by atoms with Crippen LogP contribution in [-0.4, -0.2) is 42.4 Å². The fourth-order valence-corrected chi connectivity index (χ4v) is 4.12. The van der Waals surface area contributed by atoms with Crippen LogP contribution in [0.2, 0.25) is 0 Å². The smallest absolute Gasteiger partial charge is 0.265 e. The summed E-state index contributed by atoms with van der Waals surface area (Å²) in [6.07, 6.45) is 1.01. The fraction of sp³-hybridized carbons (Fsp3) is 0.217. The number of hydrogen-bond donors (Lipinski definition) is 3. The first kappa shape index (κ1) is 20.1. The van der Waals surface area contributed by atoms with E-state index in [9.17, 15) is 9.59 Å². The number of anilines is 3. The average molecular weight is 421 g/mol. The lowest BCUT2D eigenvalue weighted by atomic mass is 10.2. The van der Waals surface area contributed by atoms with Crippen molar-refractivity contribution in [1.82, 2.24) is 4.90 Å². The normalized spacial score (nSPS) is 16.2. The van der Waals surface area contributed by atoms with Gasteiger partial charge in [0.05, 0.1) is 11.4 Å². The van der Waals surface area contributed by atoms with Gasteiger partial charge in [-0.15, -0.1) is 11.3 Å². The summed E-state index contributed by atoms with van der Waals surface area (Å²) in [6.45, 7) is 2.10. The molecule has 30 heavy (non-hydrogen) atoms. The van der Waals surface area contributed by atoms with E-state index in [0.29, 0.717) is 28.8 Å². The molecule has 3 aromatic rings. The van der Waals surface area contributed by atoms with E-state index in [4.69, 9.17) is 0 Å². The van der Waals surface area contributed by atoms with Gasteiger partial charge in [0.1, 0.15) is 0 Å². The molecule has 6 nitrogen and oxygen atoms in total. The second-order valence-corrected chi connectivity index (χ2v) is 8.24. The SMILES string of the molecule is O=C(CN1CCC(Nc2ccccc2)C1)Nc1ccc(NC(=O)c2cccs2)cc1. The third kappa shape index (κ3) is 5.46. The minimum Gasteiger partial charge on any atom is -0.381 e. The largest absolute Gasteiger partial charge is 0.381 e. The molecule has 0 saturated carbocycles. The van der Waals surface area contributed by atoms with Crippen LogP contribution in [0.3, 0.4) is 0 Å². The van der Waals surface area contributed by atoms with E-state index in [-0.39, 0.29) is 11.8 Å². The van der Waals surface area contributed by atoms with Crippen LogP contribution in [-0.2, 0) is 4.79 Å². The standard InChI is InChI=1S/C23H24N4O2S/c28-22(16-27-13-12-20(15-27)24-17-5-2-1-3-6-17)25-18-8-10-19(11-9-18)26-23(29)21-7-4-14-30-21/h1-11,14,20,24H,12-13,15-16H2,(H,25,28)(H,26,29). The molecule has 1 aliphatic rings. The van der Waals surface area contributed by atoms with E-state index in [1.807, 2.05) is 29.6 Å². The number of nitrogens with one attached hydrogen (secondary N) is 3. The van der Waals surface area contributed by atoms with Crippen molar-refractivity contribution in [2.24, 2.45) is 0 Å². The van der Waals surface area contributed by atoms with E-state index in [2.05, 4.69) is 33.0 Å². The van der Waals surface area contributed by atoms with Crippen LogP contribution in [0.25, 0.3) is 0 Å². The first-order chi connectivity index (χ1) is 14.7. The summed E-state index contributed by atoms with van der Waals surface area (Å²) in [5, 5.41) is 11.2. The number of carbonyl (C=O) groups is 2. The van der Waals surface area contributed by atoms with Gasteiger partial charge in [0.15, 0.2) is 0 Å². The molecule has 1 unspecified atom stereocenters. The van der Waals surface area contributed by atoms with E-state index in [1.165, 1.54) is 11.3 Å². The molecule has 4 rings (SSSR count). The maximum absolute atomic E-state index is 12.4. The number of thiophene rings is 1. The molecule has 3 N–H and O–H groups in total. The van der Waals surface area contributed by atoms with Gasteiger partial charge in [0.25, 0.3) is 5.91 Å². The molecule has 0 spiro atoms. The molecule has 1 atom stereocenters. The van der Waals surface area contributed by atoms with Crippen LogP contribution in [0.1, 0.15) is 16.1 Å². The van der Waals surface area contributed by atoms with Crippen molar-refractivity contribution in [2.75, 3.05) is 35.6 Å². The summed E-state index contributed by atoms with van der Waals surface area (Å²) >= 11 is 1.40. The number of rotatable bonds is 7. The molecule has 0 radical (unpaired) electrons. The Balaban J connectivity index is 1.23. The Labute approximate surface area is 179 Å². The van der Waals surface area contributed by atoms with Gasteiger partial charge < -0.3 is 16.0 Å². The Kier molecular flexibility index (Phi) is 6.41. The summed E-state index contributed by atoms with van der Waals surface area (Å²) < 4.78 is 0. The maximum atomic E-state index is 12.4. The molecule has 1 aromatic heterocycles. The molecule has 2 amide bonds. The summed E-state index contributed by atoms with van der Waals surface area (Å²) in [7, 11) is 0. The Morgan fingerprint density at radius 2 is 1.63 bits per heavy atom. The first-order valence-corrected chi connectivity index (χ1v) is 10.8. The lowest BCUT2D eigenvalue weighted by Crippen LogP contribution is -2.33. The van der Waals surface area contributed by atoms with Gasteiger partial charge in [-0.05, 0) is 54.3 Å². The molecule has 1 fully saturated rings. The number of para-hydroxylation sites is 1. The van der Waals surface area contributed by atoms with Gasteiger partial charge >= 0.3 is 0 Å². The van der Waals surface area contributed by atoms with Gasteiger partial charge in [0.2, 0.25) is 5.91 Å². The monoisotopic (exact) mass is 420 g/mol. The average Bonchev–Trinajstić information content (AvgIpc) is 3.43. The van der Waals surface area contributed by atoms with Crippen LogP contribution in [0.4, 0.5) is 17.1 Å². The van der Waals surface area contributed by atoms with Gasteiger partial charge in [-0.25, -0.2) is 0 Å². The van der Waals surface area contributed by atoms with E-state index in [1.54, 1.807) is 30.3 Å². The summed E-state index contributed by atoms with van der Waals surface area (Å²) in [5.41, 5.74) is 2.52. The topological polar surface area (TPSA) is 73.5 Å². The van der Waals surface area contributed by atoms with Crippen molar-refractivity contribution in [2.45, 2.75) is 12.5 Å². The van der Waals surface area contributed by atoms with Gasteiger partial charge in [-0.2, -0.15) is 0 Å². The fourth-order valence-electron chi connectivity index (χ4n) is 3.51. The lowest BCUT2D eigenvalue weighted by molar-refractivity contribution is -0.117. The van der Waals surface area contributed by atoms with Gasteiger partial charge in [0, 0.05) is 36.2 Å². The number of hydrogen-bond acceptors (Lipinski definition) is 5. The number of carbonyl (C=O) groups excluding carboxylic acids is 2. The minimum absolute atomic E-state index is 0.0364. The molecular formula is C23H24N4O2S. The summed E-state index contributed by atoms with van der Waals surface area (Å²) in [6, 6.07) is 21.3. The van der Waals surface area contributed by atoms with Gasteiger partial charge in [-0.1, -0.05) is 24.3 Å². The molecule has 2 aromatic carbocycles. The first-order valence-electron chi connectivity index (χ1n) is 9.94. The number of benzene rings is 2. The third-order valence-corrected chi connectivity index (χ3v) is 5.82. The van der Waals surface area contributed by atoms with Crippen molar-refractivity contribution in [1.29, 1.82) is 0 Å². The maximum Gasteiger partial charge on any atom is 0.265 e.